The second-order valence-electron chi connectivity index (χ2n) is 6.71. The Kier molecular flexibility index (Phi) is 6.16. The molecule has 1 fully saturated rings. The molecule has 0 aliphatic carbocycles. The Morgan fingerprint density at radius 1 is 1.22 bits per heavy atom. The average molecular weight is 372 g/mol. The van der Waals surface area contributed by atoms with Crippen LogP contribution in [0.25, 0.3) is 0 Å². The minimum Gasteiger partial charge on any atom is -0.497 e. The highest BCUT2D eigenvalue weighted by Gasteiger charge is 2.24. The predicted molar refractivity (Wildman–Crippen MR) is 103 cm³/mol. The van der Waals surface area contributed by atoms with E-state index in [0.717, 1.165) is 25.1 Å². The van der Waals surface area contributed by atoms with Crippen LogP contribution in [0.1, 0.15) is 12.0 Å². The first-order valence-electron chi connectivity index (χ1n) is 9.07. The van der Waals surface area contributed by atoms with Crippen LogP contribution in [0, 0.1) is 11.7 Å². The molecule has 0 aromatic heterocycles. The quantitative estimate of drug-likeness (QED) is 0.812. The van der Waals surface area contributed by atoms with Gasteiger partial charge in [-0.25, -0.2) is 4.39 Å². The SMILES string of the molecule is COc1ccc(CC(=O)NC[C@@H]2CCN(c3ccccc3F)C2)c(OC)c1. The molecule has 144 valence electrons. The van der Waals surface area contributed by atoms with Crippen LogP contribution in [0.5, 0.6) is 11.5 Å². The summed E-state index contributed by atoms with van der Waals surface area (Å²) in [7, 11) is 3.17. The van der Waals surface area contributed by atoms with E-state index >= 15 is 0 Å². The smallest absolute Gasteiger partial charge is 0.224 e. The number of nitrogens with zero attached hydrogens (tertiary/aromatic N) is 1. The van der Waals surface area contributed by atoms with Gasteiger partial charge in [0.05, 0.1) is 26.3 Å². The van der Waals surface area contributed by atoms with Crippen molar-refractivity contribution in [3.8, 4) is 11.5 Å². The molecule has 2 aromatic carbocycles. The van der Waals surface area contributed by atoms with Crippen LogP contribution in [-0.2, 0) is 11.2 Å². The number of hydrogen-bond donors (Lipinski definition) is 1. The molecule has 1 aliphatic rings. The third kappa shape index (κ3) is 4.70. The van der Waals surface area contributed by atoms with Gasteiger partial charge < -0.3 is 19.7 Å². The summed E-state index contributed by atoms with van der Waals surface area (Å²) in [5.41, 5.74) is 1.45. The van der Waals surface area contributed by atoms with Crippen molar-refractivity contribution in [2.75, 3.05) is 38.8 Å². The minimum absolute atomic E-state index is 0.0530. The maximum Gasteiger partial charge on any atom is 0.224 e. The van der Waals surface area contributed by atoms with E-state index in [-0.39, 0.29) is 18.1 Å². The van der Waals surface area contributed by atoms with Gasteiger partial charge in [0.25, 0.3) is 0 Å². The normalized spacial score (nSPS) is 16.3. The van der Waals surface area contributed by atoms with Gasteiger partial charge in [-0.3, -0.25) is 4.79 Å². The molecule has 6 heteroatoms. The van der Waals surface area contributed by atoms with Gasteiger partial charge in [0.2, 0.25) is 5.91 Å². The summed E-state index contributed by atoms with van der Waals surface area (Å²) < 4.78 is 24.4. The molecule has 2 aromatic rings. The van der Waals surface area contributed by atoms with Crippen molar-refractivity contribution in [2.45, 2.75) is 12.8 Å². The molecule has 1 aliphatic heterocycles. The molecular weight excluding hydrogens is 347 g/mol. The summed E-state index contributed by atoms with van der Waals surface area (Å²) in [6.07, 6.45) is 1.18. The number of amides is 1. The van der Waals surface area contributed by atoms with Gasteiger partial charge in [-0.1, -0.05) is 18.2 Å². The molecule has 0 bridgehead atoms. The van der Waals surface area contributed by atoms with Crippen LogP contribution in [0.2, 0.25) is 0 Å². The van der Waals surface area contributed by atoms with Crippen LogP contribution in [-0.4, -0.2) is 39.8 Å². The lowest BCUT2D eigenvalue weighted by molar-refractivity contribution is -0.120. The van der Waals surface area contributed by atoms with Crippen LogP contribution < -0.4 is 19.7 Å². The molecule has 0 saturated carbocycles. The van der Waals surface area contributed by atoms with E-state index in [9.17, 15) is 9.18 Å². The van der Waals surface area contributed by atoms with Gasteiger partial charge in [0, 0.05) is 31.3 Å². The fourth-order valence-corrected chi connectivity index (χ4v) is 3.42. The molecule has 1 saturated heterocycles. The highest BCUT2D eigenvalue weighted by Crippen LogP contribution is 2.26. The maximum absolute atomic E-state index is 13.9. The number of ether oxygens (including phenoxy) is 2. The zero-order chi connectivity index (χ0) is 19.2. The van der Waals surface area contributed by atoms with E-state index in [0.29, 0.717) is 29.6 Å². The Bertz CT molecular complexity index is 797. The van der Waals surface area contributed by atoms with Crippen molar-refractivity contribution >= 4 is 11.6 Å². The fourth-order valence-electron chi connectivity index (χ4n) is 3.42. The van der Waals surface area contributed by atoms with Crippen LogP contribution in [0.4, 0.5) is 10.1 Å². The maximum atomic E-state index is 13.9. The van der Waals surface area contributed by atoms with E-state index in [4.69, 9.17) is 9.47 Å². The van der Waals surface area contributed by atoms with E-state index in [1.54, 1.807) is 32.4 Å². The fraction of sp³-hybridized carbons (Fsp3) is 0.381. The molecule has 0 radical (unpaired) electrons. The Hall–Kier alpha value is -2.76. The zero-order valence-electron chi connectivity index (χ0n) is 15.7. The lowest BCUT2D eigenvalue weighted by atomic mass is 10.1. The van der Waals surface area contributed by atoms with Gasteiger partial charge in [-0.05, 0) is 30.5 Å². The first kappa shape index (κ1) is 19.0. The van der Waals surface area contributed by atoms with Crippen molar-refractivity contribution in [2.24, 2.45) is 5.92 Å². The summed E-state index contributed by atoms with van der Waals surface area (Å²) in [6.45, 7) is 2.13. The van der Waals surface area contributed by atoms with Crippen molar-refractivity contribution in [3.63, 3.8) is 0 Å². The zero-order valence-corrected chi connectivity index (χ0v) is 15.7. The highest BCUT2D eigenvalue weighted by molar-refractivity contribution is 5.79. The number of anilines is 1. The number of halogens is 1. The first-order chi connectivity index (χ1) is 13.1. The Balaban J connectivity index is 1.51. The Labute approximate surface area is 159 Å². The molecule has 0 unspecified atom stereocenters. The van der Waals surface area contributed by atoms with Gasteiger partial charge in [-0.2, -0.15) is 0 Å². The predicted octanol–water partition coefficient (Wildman–Crippen LogP) is 3.03. The van der Waals surface area contributed by atoms with Gasteiger partial charge in [0.1, 0.15) is 17.3 Å². The summed E-state index contributed by atoms with van der Waals surface area (Å²) in [5, 5.41) is 2.99. The van der Waals surface area contributed by atoms with Crippen molar-refractivity contribution in [1.29, 1.82) is 0 Å². The van der Waals surface area contributed by atoms with Crippen molar-refractivity contribution in [1.82, 2.24) is 5.32 Å². The topological polar surface area (TPSA) is 50.8 Å². The number of hydrogen-bond acceptors (Lipinski definition) is 4. The number of para-hydroxylation sites is 1. The standard InChI is InChI=1S/C21H25FN2O3/c1-26-17-8-7-16(20(12-17)27-2)11-21(25)23-13-15-9-10-24(14-15)19-6-4-3-5-18(19)22/h3-8,12,15H,9-11,13-14H2,1-2H3,(H,23,25)/t15-/m0/s1. The van der Waals surface area contributed by atoms with Crippen molar-refractivity contribution < 1.29 is 18.7 Å². The van der Waals surface area contributed by atoms with Crippen LogP contribution >= 0.6 is 0 Å². The second-order valence-corrected chi connectivity index (χ2v) is 6.71. The van der Waals surface area contributed by atoms with Crippen molar-refractivity contribution in [3.05, 3.63) is 53.8 Å². The summed E-state index contributed by atoms with van der Waals surface area (Å²) in [5.74, 6) is 1.38. The number of benzene rings is 2. The molecule has 3 rings (SSSR count). The summed E-state index contributed by atoms with van der Waals surface area (Å²) in [6, 6.07) is 12.2. The molecule has 1 N–H and O–H groups in total. The third-order valence-corrected chi connectivity index (χ3v) is 4.91. The Morgan fingerprint density at radius 3 is 2.78 bits per heavy atom. The third-order valence-electron chi connectivity index (χ3n) is 4.91. The van der Waals surface area contributed by atoms with E-state index in [2.05, 4.69) is 5.32 Å². The van der Waals surface area contributed by atoms with Gasteiger partial charge in [0.15, 0.2) is 0 Å². The van der Waals surface area contributed by atoms with E-state index in [1.807, 2.05) is 23.1 Å². The molecule has 1 heterocycles. The summed E-state index contributed by atoms with van der Waals surface area (Å²) in [4.78, 5) is 14.4. The van der Waals surface area contributed by atoms with Crippen LogP contribution in [0.15, 0.2) is 42.5 Å². The highest BCUT2D eigenvalue weighted by atomic mass is 19.1. The molecule has 1 amide bonds. The lowest BCUT2D eigenvalue weighted by Gasteiger charge is -2.19. The number of methoxy groups -OCH3 is 2. The molecule has 0 spiro atoms. The first-order valence-corrected chi connectivity index (χ1v) is 9.07. The molecule has 27 heavy (non-hydrogen) atoms. The minimum atomic E-state index is -0.200. The van der Waals surface area contributed by atoms with Crippen LogP contribution in [0.3, 0.4) is 0 Å². The second kappa shape index (κ2) is 8.75. The molecule has 5 nitrogen and oxygen atoms in total. The monoisotopic (exact) mass is 372 g/mol. The molecular formula is C21H25FN2O3. The lowest BCUT2D eigenvalue weighted by Crippen LogP contribution is -2.32. The van der Waals surface area contributed by atoms with Gasteiger partial charge in [-0.15, -0.1) is 0 Å². The molecule has 1 atom stereocenters. The number of nitrogens with one attached hydrogen (secondary N) is 1. The van der Waals surface area contributed by atoms with Gasteiger partial charge >= 0.3 is 0 Å². The summed E-state index contributed by atoms with van der Waals surface area (Å²) >= 11 is 0. The van der Waals surface area contributed by atoms with E-state index < -0.39 is 0 Å². The van der Waals surface area contributed by atoms with E-state index in [1.165, 1.54) is 6.07 Å². The number of carbonyl (C=O) groups excluding carboxylic acids is 1. The number of rotatable bonds is 7. The Morgan fingerprint density at radius 2 is 2.04 bits per heavy atom. The average Bonchev–Trinajstić information content (AvgIpc) is 3.16. The number of carbonyl (C=O) groups is 1. The largest absolute Gasteiger partial charge is 0.497 e.